The molecule has 102 valence electrons. The Morgan fingerprint density at radius 1 is 1.21 bits per heavy atom. The van der Waals surface area contributed by atoms with Crippen LogP contribution in [0.2, 0.25) is 0 Å². The molecule has 1 aliphatic carbocycles. The van der Waals surface area contributed by atoms with Crippen molar-refractivity contribution < 1.29 is 18.7 Å². The van der Waals surface area contributed by atoms with E-state index in [9.17, 15) is 9.59 Å². The number of esters is 1. The fraction of sp³-hybridized carbons (Fsp3) is 0.600. The fourth-order valence-corrected chi connectivity index (χ4v) is 3.46. The van der Waals surface area contributed by atoms with Gasteiger partial charge in [-0.1, -0.05) is 12.8 Å². The lowest BCUT2D eigenvalue weighted by atomic mass is 9.65. The predicted octanol–water partition coefficient (Wildman–Crippen LogP) is 3.03. The first-order chi connectivity index (χ1) is 8.98. The summed E-state index contributed by atoms with van der Waals surface area (Å²) >= 11 is 0. The van der Waals surface area contributed by atoms with Gasteiger partial charge in [0.25, 0.3) is 0 Å². The monoisotopic (exact) mass is 262 g/mol. The molecule has 1 spiro atoms. The minimum atomic E-state index is -0.896. The molecule has 2 fully saturated rings. The van der Waals surface area contributed by atoms with Crippen LogP contribution in [0.1, 0.15) is 51.4 Å². The standard InChI is InChI=1S/C15H18O4/c1-14(2)11(10-6-5-9-18-10)19-13(17)15(12(14)16)7-3-4-8-15/h5-6,9,11H,3-4,7-8H2,1-2H3/t11-/m1/s1. The number of rotatable bonds is 1. The van der Waals surface area contributed by atoms with Gasteiger partial charge in [0.1, 0.15) is 11.2 Å². The topological polar surface area (TPSA) is 56.5 Å². The van der Waals surface area contributed by atoms with Crippen LogP contribution in [0.25, 0.3) is 0 Å². The summed E-state index contributed by atoms with van der Waals surface area (Å²) in [7, 11) is 0. The third kappa shape index (κ3) is 1.58. The molecule has 4 nitrogen and oxygen atoms in total. The number of ether oxygens (including phenoxy) is 1. The maximum absolute atomic E-state index is 12.8. The first kappa shape index (κ1) is 12.5. The third-order valence-electron chi connectivity index (χ3n) is 4.55. The lowest BCUT2D eigenvalue weighted by molar-refractivity contribution is -0.190. The van der Waals surface area contributed by atoms with Crippen LogP contribution in [0, 0.1) is 10.8 Å². The highest BCUT2D eigenvalue weighted by Crippen LogP contribution is 2.53. The molecule has 2 heterocycles. The molecule has 1 aromatic rings. The van der Waals surface area contributed by atoms with E-state index in [1.807, 2.05) is 13.8 Å². The third-order valence-corrected chi connectivity index (χ3v) is 4.55. The number of furan rings is 1. The maximum atomic E-state index is 12.8. The fourth-order valence-electron chi connectivity index (χ4n) is 3.46. The van der Waals surface area contributed by atoms with Crippen molar-refractivity contribution in [3.63, 3.8) is 0 Å². The normalized spacial score (nSPS) is 28.6. The minimum Gasteiger partial charge on any atom is -0.465 e. The van der Waals surface area contributed by atoms with Gasteiger partial charge in [-0.15, -0.1) is 0 Å². The van der Waals surface area contributed by atoms with Gasteiger partial charge in [0.15, 0.2) is 11.9 Å². The van der Waals surface area contributed by atoms with Crippen LogP contribution in [0.4, 0.5) is 0 Å². The van der Waals surface area contributed by atoms with Crippen LogP contribution in [0.5, 0.6) is 0 Å². The van der Waals surface area contributed by atoms with Crippen LogP contribution >= 0.6 is 0 Å². The second-order valence-electron chi connectivity index (χ2n) is 6.14. The van der Waals surface area contributed by atoms with Crippen molar-refractivity contribution in [1.82, 2.24) is 0 Å². The van der Waals surface area contributed by atoms with E-state index in [0.29, 0.717) is 18.6 Å². The molecule has 1 aromatic heterocycles. The van der Waals surface area contributed by atoms with Gasteiger partial charge in [0.2, 0.25) is 0 Å². The zero-order chi connectivity index (χ0) is 13.7. The van der Waals surface area contributed by atoms with Gasteiger partial charge in [-0.25, -0.2) is 0 Å². The van der Waals surface area contributed by atoms with Crippen molar-refractivity contribution in [3.05, 3.63) is 24.2 Å². The summed E-state index contributed by atoms with van der Waals surface area (Å²) in [5.74, 6) is 0.186. The van der Waals surface area contributed by atoms with E-state index in [1.54, 1.807) is 12.1 Å². The van der Waals surface area contributed by atoms with Crippen molar-refractivity contribution in [3.8, 4) is 0 Å². The number of carbonyl (C=O) groups excluding carboxylic acids is 2. The van der Waals surface area contributed by atoms with E-state index >= 15 is 0 Å². The molecule has 0 aromatic carbocycles. The highest BCUT2D eigenvalue weighted by atomic mass is 16.6. The van der Waals surface area contributed by atoms with Crippen LogP contribution in [0.3, 0.4) is 0 Å². The molecule has 3 rings (SSSR count). The Bertz CT molecular complexity index is 506. The zero-order valence-corrected chi connectivity index (χ0v) is 11.3. The quantitative estimate of drug-likeness (QED) is 0.576. The van der Waals surface area contributed by atoms with Gasteiger partial charge in [-0.05, 0) is 38.8 Å². The SMILES string of the molecule is CC1(C)C(=O)C2(CCCC2)C(=O)O[C@@H]1c1ccco1. The molecule has 0 amide bonds. The van der Waals surface area contributed by atoms with Crippen LogP contribution < -0.4 is 0 Å². The van der Waals surface area contributed by atoms with Gasteiger partial charge in [0.05, 0.1) is 11.7 Å². The molecule has 4 heteroatoms. The van der Waals surface area contributed by atoms with Crippen molar-refractivity contribution >= 4 is 11.8 Å². The van der Waals surface area contributed by atoms with Crippen molar-refractivity contribution in [2.75, 3.05) is 0 Å². The molecule has 1 saturated heterocycles. The van der Waals surface area contributed by atoms with Gasteiger partial charge >= 0.3 is 5.97 Å². The highest BCUT2D eigenvalue weighted by molar-refractivity contribution is 6.08. The molecule has 0 unspecified atom stereocenters. The lowest BCUT2D eigenvalue weighted by Gasteiger charge is -2.43. The Kier molecular flexibility index (Phi) is 2.59. The summed E-state index contributed by atoms with van der Waals surface area (Å²) in [4.78, 5) is 25.2. The van der Waals surface area contributed by atoms with Gasteiger partial charge in [0, 0.05) is 0 Å². The first-order valence-electron chi connectivity index (χ1n) is 6.78. The second kappa shape index (κ2) is 3.95. The molecular weight excluding hydrogens is 244 g/mol. The van der Waals surface area contributed by atoms with E-state index in [2.05, 4.69) is 0 Å². The van der Waals surface area contributed by atoms with E-state index in [1.165, 1.54) is 6.26 Å². The van der Waals surface area contributed by atoms with E-state index in [-0.39, 0.29) is 11.8 Å². The number of Topliss-reactive ketones (excluding diaryl/α,β-unsaturated/α-hetero) is 1. The maximum Gasteiger partial charge on any atom is 0.320 e. The van der Waals surface area contributed by atoms with Gasteiger partial charge in [-0.3, -0.25) is 9.59 Å². The van der Waals surface area contributed by atoms with Gasteiger partial charge in [-0.2, -0.15) is 0 Å². The van der Waals surface area contributed by atoms with Crippen LogP contribution in [0.15, 0.2) is 22.8 Å². The predicted molar refractivity (Wildman–Crippen MR) is 67.2 cm³/mol. The molecule has 19 heavy (non-hydrogen) atoms. The number of hydrogen-bond acceptors (Lipinski definition) is 4. The summed E-state index contributed by atoms with van der Waals surface area (Å²) in [5.41, 5.74) is -1.64. The Balaban J connectivity index is 2.01. The number of hydrogen-bond donors (Lipinski definition) is 0. The Hall–Kier alpha value is -1.58. The second-order valence-corrected chi connectivity index (χ2v) is 6.14. The van der Waals surface area contributed by atoms with Crippen LogP contribution in [-0.2, 0) is 14.3 Å². The molecule has 0 bridgehead atoms. The average molecular weight is 262 g/mol. The highest BCUT2D eigenvalue weighted by Gasteiger charge is 2.61. The summed E-state index contributed by atoms with van der Waals surface area (Å²) in [5, 5.41) is 0. The number of carbonyl (C=O) groups is 2. The summed E-state index contributed by atoms with van der Waals surface area (Å²) in [6.07, 6.45) is 4.00. The van der Waals surface area contributed by atoms with Crippen molar-refractivity contribution in [1.29, 1.82) is 0 Å². The van der Waals surface area contributed by atoms with Crippen LogP contribution in [-0.4, -0.2) is 11.8 Å². The molecule has 1 atom stereocenters. The molecular formula is C15H18O4. The Labute approximate surface area is 112 Å². The molecule has 2 aliphatic rings. The Morgan fingerprint density at radius 2 is 1.89 bits per heavy atom. The smallest absolute Gasteiger partial charge is 0.320 e. The Morgan fingerprint density at radius 3 is 2.47 bits per heavy atom. The van der Waals surface area contributed by atoms with Gasteiger partial charge < -0.3 is 9.15 Å². The molecule has 1 saturated carbocycles. The lowest BCUT2D eigenvalue weighted by Crippen LogP contribution is -2.53. The van der Waals surface area contributed by atoms with E-state index < -0.39 is 16.9 Å². The average Bonchev–Trinajstić information content (AvgIpc) is 3.04. The molecule has 0 N–H and O–H groups in total. The summed E-state index contributed by atoms with van der Waals surface area (Å²) in [6.45, 7) is 3.68. The summed E-state index contributed by atoms with van der Waals surface area (Å²) < 4.78 is 10.9. The first-order valence-corrected chi connectivity index (χ1v) is 6.78. The van der Waals surface area contributed by atoms with Crippen molar-refractivity contribution in [2.24, 2.45) is 10.8 Å². The summed E-state index contributed by atoms with van der Waals surface area (Å²) in [6, 6.07) is 3.49. The number of cyclic esters (lactones) is 1. The van der Waals surface area contributed by atoms with Crippen molar-refractivity contribution in [2.45, 2.75) is 45.6 Å². The van der Waals surface area contributed by atoms with E-state index in [4.69, 9.17) is 9.15 Å². The number of ketones is 1. The zero-order valence-electron chi connectivity index (χ0n) is 11.3. The molecule has 1 aliphatic heterocycles. The molecule has 0 radical (unpaired) electrons. The minimum absolute atomic E-state index is 0.00940. The van der Waals surface area contributed by atoms with E-state index in [0.717, 1.165) is 12.8 Å². The largest absolute Gasteiger partial charge is 0.465 e.